The van der Waals surface area contributed by atoms with Crippen LogP contribution in [0, 0.1) is 0 Å². The largest absolute Gasteiger partial charge is 0.351 e. The smallest absolute Gasteiger partial charge is 0.240 e. The summed E-state index contributed by atoms with van der Waals surface area (Å²) in [5, 5.41) is 3.24. The molecule has 1 N–H and O–H groups in total. The average Bonchev–Trinajstić information content (AvgIpc) is 2.41. The summed E-state index contributed by atoms with van der Waals surface area (Å²) in [6.07, 6.45) is 1.88. The van der Waals surface area contributed by atoms with Gasteiger partial charge < -0.3 is 5.32 Å². The number of carbonyl (C=O) groups excluding carboxylic acids is 1. The van der Waals surface area contributed by atoms with Crippen molar-refractivity contribution in [2.24, 2.45) is 0 Å². The molecule has 1 heterocycles. The van der Waals surface area contributed by atoms with Gasteiger partial charge in [-0.25, -0.2) is 0 Å². The fourth-order valence-electron chi connectivity index (χ4n) is 1.82. The van der Waals surface area contributed by atoms with Crippen molar-refractivity contribution in [2.75, 3.05) is 5.32 Å². The van der Waals surface area contributed by atoms with Gasteiger partial charge in [0, 0.05) is 4.90 Å². The third kappa shape index (κ3) is 2.17. The number of nitrogens with one attached hydrogen (secondary N) is 1. The molecule has 0 aliphatic carbocycles. The van der Waals surface area contributed by atoms with Crippen LogP contribution in [0.25, 0.3) is 6.08 Å². The molecular weight excluding hydrogens is 242 g/mol. The Morgan fingerprint density at radius 3 is 2.50 bits per heavy atom. The van der Waals surface area contributed by atoms with Crippen LogP contribution in [0.1, 0.15) is 5.56 Å². The van der Waals surface area contributed by atoms with Crippen molar-refractivity contribution in [2.45, 2.75) is 4.90 Å². The van der Waals surface area contributed by atoms with Crippen molar-refractivity contribution in [1.29, 1.82) is 0 Å². The van der Waals surface area contributed by atoms with Crippen molar-refractivity contribution >= 4 is 28.6 Å². The summed E-state index contributed by atoms with van der Waals surface area (Å²) >= 11 is 1.27. The van der Waals surface area contributed by atoms with E-state index < -0.39 is 0 Å². The highest BCUT2D eigenvalue weighted by molar-refractivity contribution is 8.14. The number of para-hydroxylation sites is 1. The molecule has 3 heteroatoms. The number of hydrogen-bond donors (Lipinski definition) is 1. The lowest BCUT2D eigenvalue weighted by atomic mass is 10.2. The maximum absolute atomic E-state index is 12.0. The molecule has 0 aromatic heterocycles. The minimum absolute atomic E-state index is 0.0533. The van der Waals surface area contributed by atoms with Gasteiger partial charge in [-0.3, -0.25) is 4.79 Å². The van der Waals surface area contributed by atoms with E-state index in [1.165, 1.54) is 11.8 Å². The minimum atomic E-state index is 0.0533. The second kappa shape index (κ2) is 4.70. The van der Waals surface area contributed by atoms with Gasteiger partial charge in [0.15, 0.2) is 0 Å². The van der Waals surface area contributed by atoms with E-state index in [1.807, 2.05) is 60.7 Å². The van der Waals surface area contributed by atoms with E-state index >= 15 is 0 Å². The molecule has 1 aliphatic heterocycles. The van der Waals surface area contributed by atoms with E-state index in [9.17, 15) is 4.79 Å². The summed E-state index contributed by atoms with van der Waals surface area (Å²) in [5.74, 6) is 0. The Morgan fingerprint density at radius 1 is 0.944 bits per heavy atom. The molecule has 18 heavy (non-hydrogen) atoms. The number of carbonyl (C=O) groups is 1. The lowest BCUT2D eigenvalue weighted by Crippen LogP contribution is -2.13. The molecule has 0 amide bonds. The minimum Gasteiger partial charge on any atom is -0.351 e. The molecule has 0 saturated heterocycles. The van der Waals surface area contributed by atoms with Crippen LogP contribution < -0.4 is 5.32 Å². The second-order valence-electron chi connectivity index (χ2n) is 3.98. The number of rotatable bonds is 1. The van der Waals surface area contributed by atoms with E-state index in [0.29, 0.717) is 5.70 Å². The van der Waals surface area contributed by atoms with Gasteiger partial charge in [0.05, 0.1) is 11.4 Å². The van der Waals surface area contributed by atoms with Crippen molar-refractivity contribution in [3.63, 3.8) is 0 Å². The highest BCUT2D eigenvalue weighted by Crippen LogP contribution is 2.35. The summed E-state index contributed by atoms with van der Waals surface area (Å²) < 4.78 is 0. The van der Waals surface area contributed by atoms with Crippen LogP contribution in [-0.4, -0.2) is 5.12 Å². The summed E-state index contributed by atoms with van der Waals surface area (Å²) in [6, 6.07) is 17.7. The number of thioether (sulfide) groups is 1. The first kappa shape index (κ1) is 11.1. The third-order valence-electron chi connectivity index (χ3n) is 2.69. The van der Waals surface area contributed by atoms with Gasteiger partial charge in [-0.15, -0.1) is 0 Å². The first-order valence-corrected chi connectivity index (χ1v) is 6.49. The van der Waals surface area contributed by atoms with Gasteiger partial charge in [0.2, 0.25) is 5.12 Å². The number of fused-ring (bicyclic) bond motifs is 1. The Hall–Kier alpha value is -2.00. The van der Waals surface area contributed by atoms with Gasteiger partial charge >= 0.3 is 0 Å². The predicted molar refractivity (Wildman–Crippen MR) is 75.3 cm³/mol. The Kier molecular flexibility index (Phi) is 2.90. The topological polar surface area (TPSA) is 29.1 Å². The van der Waals surface area contributed by atoms with Crippen molar-refractivity contribution < 1.29 is 4.79 Å². The molecule has 3 rings (SSSR count). The fraction of sp³-hybridized carbons (Fsp3) is 0. The molecule has 2 aromatic carbocycles. The molecule has 0 atom stereocenters. The maximum atomic E-state index is 12.0. The zero-order chi connectivity index (χ0) is 12.4. The highest BCUT2D eigenvalue weighted by atomic mass is 32.2. The summed E-state index contributed by atoms with van der Waals surface area (Å²) in [7, 11) is 0. The van der Waals surface area contributed by atoms with Gasteiger partial charge in [-0.05, 0) is 35.5 Å². The van der Waals surface area contributed by atoms with E-state index in [2.05, 4.69) is 5.32 Å². The SMILES string of the molecule is O=C1Sc2ccccc2N/C1=C\c1ccccc1. The van der Waals surface area contributed by atoms with E-state index in [1.54, 1.807) is 0 Å². The Labute approximate surface area is 110 Å². The quantitative estimate of drug-likeness (QED) is 0.784. The summed E-state index contributed by atoms with van der Waals surface area (Å²) in [6.45, 7) is 0. The van der Waals surface area contributed by atoms with Gasteiger partial charge in [0.1, 0.15) is 0 Å². The van der Waals surface area contributed by atoms with Crippen LogP contribution in [0.4, 0.5) is 5.69 Å². The number of anilines is 1. The van der Waals surface area contributed by atoms with Gasteiger partial charge in [-0.1, -0.05) is 42.5 Å². The summed E-state index contributed by atoms with van der Waals surface area (Å²) in [5.41, 5.74) is 2.64. The predicted octanol–water partition coefficient (Wildman–Crippen LogP) is 3.77. The Morgan fingerprint density at radius 2 is 1.67 bits per heavy atom. The number of hydrogen-bond acceptors (Lipinski definition) is 3. The Balaban J connectivity index is 1.96. The molecule has 2 nitrogen and oxygen atoms in total. The Bertz CT molecular complexity index is 619. The average molecular weight is 253 g/mol. The van der Waals surface area contributed by atoms with E-state index in [-0.39, 0.29) is 5.12 Å². The maximum Gasteiger partial charge on any atom is 0.240 e. The molecule has 0 radical (unpaired) electrons. The van der Waals surface area contributed by atoms with E-state index in [0.717, 1.165) is 16.1 Å². The van der Waals surface area contributed by atoms with Crippen LogP contribution in [0.2, 0.25) is 0 Å². The van der Waals surface area contributed by atoms with Crippen molar-refractivity contribution in [3.8, 4) is 0 Å². The first-order valence-electron chi connectivity index (χ1n) is 5.68. The van der Waals surface area contributed by atoms with Crippen LogP contribution in [-0.2, 0) is 4.79 Å². The van der Waals surface area contributed by atoms with Crippen molar-refractivity contribution in [3.05, 3.63) is 65.9 Å². The molecule has 0 saturated carbocycles. The van der Waals surface area contributed by atoms with Crippen LogP contribution in [0.5, 0.6) is 0 Å². The van der Waals surface area contributed by atoms with Crippen molar-refractivity contribution in [1.82, 2.24) is 0 Å². The molecule has 0 unspecified atom stereocenters. The standard InChI is InChI=1S/C15H11NOS/c17-15-13(10-11-6-2-1-3-7-11)16-12-8-4-5-9-14(12)18-15/h1-10,16H/b13-10-. The lowest BCUT2D eigenvalue weighted by Gasteiger charge is -2.18. The second-order valence-corrected chi connectivity index (χ2v) is 4.99. The molecule has 88 valence electrons. The molecule has 0 fully saturated rings. The van der Waals surface area contributed by atoms with E-state index in [4.69, 9.17) is 0 Å². The molecular formula is C15H11NOS. The molecule has 2 aromatic rings. The normalized spacial score (nSPS) is 16.2. The first-order chi connectivity index (χ1) is 8.83. The number of benzene rings is 2. The molecule has 1 aliphatic rings. The van der Waals surface area contributed by atoms with Crippen LogP contribution in [0.3, 0.4) is 0 Å². The van der Waals surface area contributed by atoms with Crippen LogP contribution >= 0.6 is 11.8 Å². The zero-order valence-corrected chi connectivity index (χ0v) is 10.4. The van der Waals surface area contributed by atoms with Crippen LogP contribution in [0.15, 0.2) is 65.2 Å². The zero-order valence-electron chi connectivity index (χ0n) is 9.59. The van der Waals surface area contributed by atoms with Gasteiger partial charge in [-0.2, -0.15) is 0 Å². The highest BCUT2D eigenvalue weighted by Gasteiger charge is 2.20. The molecule has 0 spiro atoms. The lowest BCUT2D eigenvalue weighted by molar-refractivity contribution is -0.107. The fourth-order valence-corrected chi connectivity index (χ4v) is 2.62. The summed E-state index contributed by atoms with van der Waals surface area (Å²) in [4.78, 5) is 13.0. The molecule has 0 bridgehead atoms. The van der Waals surface area contributed by atoms with Gasteiger partial charge in [0.25, 0.3) is 0 Å². The monoisotopic (exact) mass is 253 g/mol. The third-order valence-corrected chi connectivity index (χ3v) is 3.67.